The fraction of sp³-hybridized carbons (Fsp3) is 0.300. The van der Waals surface area contributed by atoms with E-state index < -0.39 is 17.4 Å². The van der Waals surface area contributed by atoms with Gasteiger partial charge in [-0.05, 0) is 48.9 Å². The average Bonchev–Trinajstić information content (AvgIpc) is 2.84. The summed E-state index contributed by atoms with van der Waals surface area (Å²) in [7, 11) is 0. The Morgan fingerprint density at radius 2 is 1.92 bits per heavy atom. The topological polar surface area (TPSA) is 57.6 Å². The molecule has 0 saturated carbocycles. The van der Waals surface area contributed by atoms with Gasteiger partial charge in [0.25, 0.3) is 5.91 Å². The summed E-state index contributed by atoms with van der Waals surface area (Å²) < 4.78 is 0.743. The van der Waals surface area contributed by atoms with Crippen molar-refractivity contribution in [2.45, 2.75) is 25.9 Å². The number of aliphatic hydroxyl groups is 1. The molecule has 1 N–H and O–H groups in total. The van der Waals surface area contributed by atoms with E-state index in [4.69, 9.17) is 11.6 Å². The molecule has 26 heavy (non-hydrogen) atoms. The minimum Gasteiger partial charge on any atom is -0.375 e. The second-order valence-electron chi connectivity index (χ2n) is 6.48. The Morgan fingerprint density at radius 1 is 1.27 bits per heavy atom. The monoisotopic (exact) mass is 435 g/mol. The van der Waals surface area contributed by atoms with Gasteiger partial charge in [0.1, 0.15) is 0 Å². The number of Topliss-reactive ketones (excluding diaryl/α,β-unsaturated/α-hetero) is 1. The molecular formula is C20H19BrClNO3. The number of benzene rings is 2. The number of carbonyl (C=O) groups is 2. The number of rotatable bonds is 5. The van der Waals surface area contributed by atoms with Crippen molar-refractivity contribution < 1.29 is 14.7 Å². The highest BCUT2D eigenvalue weighted by Gasteiger charge is 2.55. The summed E-state index contributed by atoms with van der Waals surface area (Å²) in [5.74, 6) is -1.70. The van der Waals surface area contributed by atoms with E-state index in [0.717, 1.165) is 10.9 Å². The summed E-state index contributed by atoms with van der Waals surface area (Å²) in [6.45, 7) is 4.04. The zero-order valence-electron chi connectivity index (χ0n) is 14.5. The predicted octanol–water partition coefficient (Wildman–Crippen LogP) is 4.57. The first-order chi connectivity index (χ1) is 12.3. The summed E-state index contributed by atoms with van der Waals surface area (Å²) in [4.78, 5) is 27.6. The van der Waals surface area contributed by atoms with Gasteiger partial charge >= 0.3 is 0 Å². The van der Waals surface area contributed by atoms with Crippen LogP contribution in [0.4, 0.5) is 5.69 Å². The Bertz CT molecular complexity index is 868. The van der Waals surface area contributed by atoms with Crippen LogP contribution >= 0.6 is 27.5 Å². The smallest absolute Gasteiger partial charge is 0.264 e. The van der Waals surface area contributed by atoms with Crippen LogP contribution in [-0.4, -0.2) is 23.3 Å². The lowest BCUT2D eigenvalue weighted by Gasteiger charge is -2.28. The SMILES string of the molecule is CCCN1C(=O)[C@](O)([C@H](C)C(=O)c2ccc(Cl)cc2)c2cc(Br)ccc21. The molecule has 4 nitrogen and oxygen atoms in total. The molecule has 0 radical (unpaired) electrons. The minimum atomic E-state index is -1.90. The third-order valence-electron chi connectivity index (χ3n) is 4.83. The molecule has 0 bridgehead atoms. The number of nitrogens with zero attached hydrogens (tertiary/aromatic N) is 1. The molecule has 6 heteroatoms. The van der Waals surface area contributed by atoms with Gasteiger partial charge in [-0.3, -0.25) is 9.59 Å². The average molecular weight is 437 g/mol. The van der Waals surface area contributed by atoms with Crippen LogP contribution in [0.2, 0.25) is 5.02 Å². The molecule has 1 amide bonds. The molecule has 0 fully saturated rings. The van der Waals surface area contributed by atoms with Gasteiger partial charge in [0.15, 0.2) is 11.4 Å². The van der Waals surface area contributed by atoms with Crippen LogP contribution in [0, 0.1) is 5.92 Å². The van der Waals surface area contributed by atoms with Gasteiger partial charge in [0, 0.05) is 27.2 Å². The Balaban J connectivity index is 2.07. The Labute approximate surface area is 165 Å². The lowest BCUT2D eigenvalue weighted by molar-refractivity contribution is -0.139. The molecule has 2 aromatic carbocycles. The fourth-order valence-corrected chi connectivity index (χ4v) is 3.88. The number of hydrogen-bond acceptors (Lipinski definition) is 3. The summed E-state index contributed by atoms with van der Waals surface area (Å²) >= 11 is 9.28. The summed E-state index contributed by atoms with van der Waals surface area (Å²) in [6.07, 6.45) is 0.747. The molecule has 136 valence electrons. The maximum atomic E-state index is 13.1. The van der Waals surface area contributed by atoms with Gasteiger partial charge in [-0.15, -0.1) is 0 Å². The quantitative estimate of drug-likeness (QED) is 0.699. The number of anilines is 1. The first-order valence-electron chi connectivity index (χ1n) is 8.44. The van der Waals surface area contributed by atoms with Crippen LogP contribution < -0.4 is 4.90 Å². The maximum Gasteiger partial charge on any atom is 0.264 e. The molecule has 3 rings (SSSR count). The summed E-state index contributed by atoms with van der Waals surface area (Å²) in [6, 6.07) is 11.8. The maximum absolute atomic E-state index is 13.1. The number of amides is 1. The fourth-order valence-electron chi connectivity index (χ4n) is 3.40. The molecule has 1 aliphatic rings. The van der Waals surface area contributed by atoms with Gasteiger partial charge in [-0.2, -0.15) is 0 Å². The van der Waals surface area contributed by atoms with Crippen molar-refractivity contribution >= 4 is 44.9 Å². The van der Waals surface area contributed by atoms with E-state index in [-0.39, 0.29) is 5.78 Å². The minimum absolute atomic E-state index is 0.304. The Morgan fingerprint density at radius 3 is 2.54 bits per heavy atom. The van der Waals surface area contributed by atoms with Crippen LogP contribution in [0.15, 0.2) is 46.9 Å². The number of carbonyl (C=O) groups excluding carboxylic acids is 2. The van der Waals surface area contributed by atoms with Gasteiger partial charge in [-0.25, -0.2) is 0 Å². The van der Waals surface area contributed by atoms with E-state index in [0.29, 0.717) is 28.4 Å². The number of halogens is 2. The van der Waals surface area contributed by atoms with Crippen molar-refractivity contribution in [3.8, 4) is 0 Å². The van der Waals surface area contributed by atoms with Crippen molar-refractivity contribution in [1.29, 1.82) is 0 Å². The van der Waals surface area contributed by atoms with Gasteiger partial charge in [0.2, 0.25) is 0 Å². The molecule has 0 aromatic heterocycles. The highest BCUT2D eigenvalue weighted by atomic mass is 79.9. The number of hydrogen-bond donors (Lipinski definition) is 1. The van der Waals surface area contributed by atoms with Crippen LogP contribution in [0.3, 0.4) is 0 Å². The number of fused-ring (bicyclic) bond motifs is 1. The third kappa shape index (κ3) is 2.98. The Kier molecular flexibility index (Phi) is 5.24. The normalized spacial score (nSPS) is 20.2. The lowest BCUT2D eigenvalue weighted by Crippen LogP contribution is -2.47. The second-order valence-corrected chi connectivity index (χ2v) is 7.83. The molecule has 1 heterocycles. The van der Waals surface area contributed by atoms with Crippen molar-refractivity contribution in [1.82, 2.24) is 0 Å². The Hall–Kier alpha value is -1.69. The van der Waals surface area contributed by atoms with E-state index in [1.807, 2.05) is 13.0 Å². The summed E-state index contributed by atoms with van der Waals surface area (Å²) in [5, 5.41) is 12.0. The predicted molar refractivity (Wildman–Crippen MR) is 106 cm³/mol. The molecule has 1 aliphatic heterocycles. The lowest BCUT2D eigenvalue weighted by atomic mass is 9.79. The molecule has 0 unspecified atom stereocenters. The molecular weight excluding hydrogens is 418 g/mol. The molecule has 0 saturated heterocycles. The zero-order chi connectivity index (χ0) is 19.1. The zero-order valence-corrected chi connectivity index (χ0v) is 16.8. The highest BCUT2D eigenvalue weighted by molar-refractivity contribution is 9.10. The third-order valence-corrected chi connectivity index (χ3v) is 5.57. The van der Waals surface area contributed by atoms with Crippen LogP contribution in [-0.2, 0) is 10.4 Å². The highest BCUT2D eigenvalue weighted by Crippen LogP contribution is 2.46. The van der Waals surface area contributed by atoms with Crippen LogP contribution in [0.1, 0.15) is 36.2 Å². The summed E-state index contributed by atoms with van der Waals surface area (Å²) in [5.41, 5.74) is -0.377. The van der Waals surface area contributed by atoms with E-state index >= 15 is 0 Å². The van der Waals surface area contributed by atoms with Crippen molar-refractivity contribution in [3.05, 3.63) is 63.1 Å². The van der Waals surface area contributed by atoms with E-state index in [1.54, 1.807) is 48.2 Å². The standard InChI is InChI=1S/C20H19BrClNO3/c1-3-10-23-17-9-6-14(21)11-16(17)20(26,19(23)25)12(2)18(24)13-4-7-15(22)8-5-13/h4-9,11-12,26H,3,10H2,1-2H3/t12-,20+/m1/s1. The van der Waals surface area contributed by atoms with E-state index in [1.165, 1.54) is 0 Å². The van der Waals surface area contributed by atoms with Crippen molar-refractivity contribution in [2.24, 2.45) is 5.92 Å². The van der Waals surface area contributed by atoms with Crippen LogP contribution in [0.25, 0.3) is 0 Å². The van der Waals surface area contributed by atoms with Crippen molar-refractivity contribution in [2.75, 3.05) is 11.4 Å². The molecule has 2 atom stereocenters. The van der Waals surface area contributed by atoms with E-state index in [2.05, 4.69) is 15.9 Å². The van der Waals surface area contributed by atoms with E-state index in [9.17, 15) is 14.7 Å². The second kappa shape index (κ2) is 7.14. The largest absolute Gasteiger partial charge is 0.375 e. The molecule has 0 aliphatic carbocycles. The first kappa shape index (κ1) is 19.1. The molecule has 0 spiro atoms. The van der Waals surface area contributed by atoms with Gasteiger partial charge < -0.3 is 10.0 Å². The number of ketones is 1. The van der Waals surface area contributed by atoms with Gasteiger partial charge in [0.05, 0.1) is 11.6 Å². The van der Waals surface area contributed by atoms with Crippen LogP contribution in [0.5, 0.6) is 0 Å². The first-order valence-corrected chi connectivity index (χ1v) is 9.62. The molecule has 2 aromatic rings. The van der Waals surface area contributed by atoms with Gasteiger partial charge in [-0.1, -0.05) is 41.4 Å². The van der Waals surface area contributed by atoms with Crippen molar-refractivity contribution in [3.63, 3.8) is 0 Å².